The summed E-state index contributed by atoms with van der Waals surface area (Å²) in [6, 6.07) is 0. The van der Waals surface area contributed by atoms with Crippen LogP contribution in [0.5, 0.6) is 0 Å². The Morgan fingerprint density at radius 2 is 1.15 bits per heavy atom. The molecule has 0 aliphatic heterocycles. The highest BCUT2D eigenvalue weighted by Crippen LogP contribution is 2.43. The average molecular weight is 699 g/mol. The number of ether oxygens (including phenoxy) is 2. The Labute approximate surface area is 289 Å². The number of esters is 2. The third kappa shape index (κ3) is 32.2. The zero-order valence-electron chi connectivity index (χ0n) is 29.4. The second-order valence-electron chi connectivity index (χ2n) is 11.5. The molecule has 0 fully saturated rings. The Morgan fingerprint density at radius 3 is 1.71 bits per heavy atom. The van der Waals surface area contributed by atoms with Gasteiger partial charge in [0.15, 0.2) is 6.10 Å². The van der Waals surface area contributed by atoms with Crippen LogP contribution in [0.2, 0.25) is 0 Å². The van der Waals surface area contributed by atoms with Crippen molar-refractivity contribution in [2.24, 2.45) is 0 Å². The van der Waals surface area contributed by atoms with Crippen molar-refractivity contribution in [2.45, 2.75) is 135 Å². The molecule has 3 atom stereocenters. The van der Waals surface area contributed by atoms with Gasteiger partial charge in [-0.05, 0) is 51.4 Å². The van der Waals surface area contributed by atoms with Crippen LogP contribution in [-0.2, 0) is 32.7 Å². The lowest BCUT2D eigenvalue weighted by Gasteiger charge is -2.20. The fraction of sp³-hybridized carbons (Fsp3) is 0.676. The fourth-order valence-corrected chi connectivity index (χ4v) is 4.99. The predicted octanol–water partition coefficient (Wildman–Crippen LogP) is 8.38. The number of aliphatic hydroxyl groups is 2. The quantitative estimate of drug-likeness (QED) is 0.0271. The first-order chi connectivity index (χ1) is 23.2. The molecule has 0 saturated carbocycles. The van der Waals surface area contributed by atoms with E-state index in [1.54, 1.807) is 0 Å². The van der Waals surface area contributed by atoms with E-state index in [9.17, 15) is 24.2 Å². The Bertz CT molecular complexity index is 989. The molecule has 0 saturated heterocycles. The first kappa shape index (κ1) is 45.7. The molecule has 0 amide bonds. The molecule has 10 nitrogen and oxygen atoms in total. The number of carbonyl (C=O) groups excluding carboxylic acids is 2. The Balaban J connectivity index is 4.51. The number of hydrogen-bond donors (Lipinski definition) is 3. The van der Waals surface area contributed by atoms with Crippen LogP contribution < -0.4 is 0 Å². The van der Waals surface area contributed by atoms with Gasteiger partial charge in [0.2, 0.25) is 0 Å². The van der Waals surface area contributed by atoms with E-state index in [1.807, 2.05) is 12.2 Å². The van der Waals surface area contributed by atoms with Crippen LogP contribution in [0.25, 0.3) is 0 Å². The van der Waals surface area contributed by atoms with E-state index in [4.69, 9.17) is 19.1 Å². The van der Waals surface area contributed by atoms with Crippen LogP contribution in [0, 0.1) is 0 Å². The van der Waals surface area contributed by atoms with E-state index in [2.05, 4.69) is 67.0 Å². The molecule has 0 aliphatic rings. The van der Waals surface area contributed by atoms with Gasteiger partial charge < -0.3 is 24.6 Å². The first-order valence-corrected chi connectivity index (χ1v) is 19.2. The number of allylic oxidation sites excluding steroid dienone is 10. The van der Waals surface area contributed by atoms with Crippen molar-refractivity contribution in [1.29, 1.82) is 0 Å². The lowest BCUT2D eigenvalue weighted by Crippen LogP contribution is -2.29. The van der Waals surface area contributed by atoms with E-state index in [0.29, 0.717) is 19.3 Å². The highest BCUT2D eigenvalue weighted by atomic mass is 31.2. The molecule has 0 radical (unpaired) electrons. The molecule has 0 aromatic rings. The maximum atomic E-state index is 12.5. The van der Waals surface area contributed by atoms with Gasteiger partial charge in [-0.3, -0.25) is 18.6 Å². The molecule has 0 bridgehead atoms. The Kier molecular flexibility index (Phi) is 31.6. The van der Waals surface area contributed by atoms with Gasteiger partial charge in [0, 0.05) is 12.8 Å². The zero-order valence-corrected chi connectivity index (χ0v) is 30.3. The number of phosphoric ester groups is 1. The standard InChI is InChI=1S/C37H63O10P/c1-3-5-7-9-11-13-14-15-16-17-18-19-20-21-23-25-27-29-37(41)47-35(33-46-48(42,43)45-31-34(39)30-38)32-44-36(40)28-26-24-22-12-10-8-6-4-2/h5,7,11,13,15-16,18-19,21,23,34-35,38-39H,3-4,6,8-10,12,14,17,20,22,24-33H2,1-2H3,(H,42,43)/b7-5+,13-11+,16-15+,19-18+,23-21+/t34-,35+/m0/s1. The molecule has 0 rings (SSSR count). The van der Waals surface area contributed by atoms with E-state index in [-0.39, 0.29) is 19.4 Å². The number of phosphoric acid groups is 1. The predicted molar refractivity (Wildman–Crippen MR) is 191 cm³/mol. The van der Waals surface area contributed by atoms with Crippen LogP contribution >= 0.6 is 7.82 Å². The van der Waals surface area contributed by atoms with Gasteiger partial charge in [-0.15, -0.1) is 0 Å². The van der Waals surface area contributed by atoms with Crippen molar-refractivity contribution in [3.05, 3.63) is 60.8 Å². The minimum Gasteiger partial charge on any atom is -0.462 e. The summed E-state index contributed by atoms with van der Waals surface area (Å²) in [6.45, 7) is 2.12. The molecule has 0 aliphatic carbocycles. The van der Waals surface area contributed by atoms with Crippen LogP contribution in [0.4, 0.5) is 0 Å². The van der Waals surface area contributed by atoms with Gasteiger partial charge in [-0.1, -0.05) is 120 Å². The topological polar surface area (TPSA) is 149 Å². The van der Waals surface area contributed by atoms with Gasteiger partial charge in [0.25, 0.3) is 0 Å². The average Bonchev–Trinajstić information content (AvgIpc) is 3.07. The number of hydrogen-bond acceptors (Lipinski definition) is 9. The second kappa shape index (κ2) is 33.2. The molecular weight excluding hydrogens is 635 g/mol. The Hall–Kier alpha value is -2.33. The fourth-order valence-electron chi connectivity index (χ4n) is 4.20. The summed E-state index contributed by atoms with van der Waals surface area (Å²) < 4.78 is 32.4. The van der Waals surface area contributed by atoms with Gasteiger partial charge in [0.1, 0.15) is 12.7 Å². The molecule has 3 N–H and O–H groups in total. The highest BCUT2D eigenvalue weighted by molar-refractivity contribution is 7.47. The third-order valence-corrected chi connectivity index (χ3v) is 7.89. The Morgan fingerprint density at radius 1 is 0.646 bits per heavy atom. The lowest BCUT2D eigenvalue weighted by atomic mass is 10.1. The summed E-state index contributed by atoms with van der Waals surface area (Å²) in [5.74, 6) is -1.01. The summed E-state index contributed by atoms with van der Waals surface area (Å²) in [6.07, 6.45) is 33.6. The molecule has 0 heterocycles. The maximum absolute atomic E-state index is 12.5. The van der Waals surface area contributed by atoms with Gasteiger partial charge in [-0.2, -0.15) is 0 Å². The molecule has 276 valence electrons. The molecule has 0 aromatic heterocycles. The van der Waals surface area contributed by atoms with E-state index in [0.717, 1.165) is 51.4 Å². The largest absolute Gasteiger partial charge is 0.472 e. The van der Waals surface area contributed by atoms with Crippen LogP contribution in [0.15, 0.2) is 60.8 Å². The first-order valence-electron chi connectivity index (χ1n) is 17.7. The van der Waals surface area contributed by atoms with E-state index in [1.165, 1.54) is 25.7 Å². The molecule has 11 heteroatoms. The van der Waals surface area contributed by atoms with Crippen LogP contribution in [0.1, 0.15) is 123 Å². The van der Waals surface area contributed by atoms with Crippen molar-refractivity contribution in [2.75, 3.05) is 26.4 Å². The molecule has 0 spiro atoms. The lowest BCUT2D eigenvalue weighted by molar-refractivity contribution is -0.161. The number of aliphatic hydroxyl groups excluding tert-OH is 2. The summed E-state index contributed by atoms with van der Waals surface area (Å²) in [5, 5.41) is 18.2. The number of carbonyl (C=O) groups is 2. The SMILES string of the molecule is CC/C=C/C/C=C/C/C=C/C/C=C/C/C=C/CCCC(=O)O[C@H](COC(=O)CCCCCCCCCC)COP(=O)(O)OC[C@@H](O)CO. The maximum Gasteiger partial charge on any atom is 0.472 e. The molecule has 48 heavy (non-hydrogen) atoms. The van der Waals surface area contributed by atoms with E-state index >= 15 is 0 Å². The highest BCUT2D eigenvalue weighted by Gasteiger charge is 2.27. The van der Waals surface area contributed by atoms with E-state index < -0.39 is 51.8 Å². The smallest absolute Gasteiger partial charge is 0.462 e. The summed E-state index contributed by atoms with van der Waals surface area (Å²) in [5.41, 5.74) is 0. The normalized spacial score (nSPS) is 14.9. The zero-order chi connectivity index (χ0) is 35.6. The van der Waals surface area contributed by atoms with Crippen molar-refractivity contribution >= 4 is 19.8 Å². The molecule has 1 unspecified atom stereocenters. The van der Waals surface area contributed by atoms with Crippen LogP contribution in [0.3, 0.4) is 0 Å². The molecular formula is C37H63O10P. The van der Waals surface area contributed by atoms with Crippen molar-refractivity contribution < 1.29 is 47.8 Å². The molecule has 0 aromatic carbocycles. The minimum atomic E-state index is -4.62. The van der Waals surface area contributed by atoms with Gasteiger partial charge in [-0.25, -0.2) is 4.57 Å². The van der Waals surface area contributed by atoms with Crippen molar-refractivity contribution in [3.8, 4) is 0 Å². The van der Waals surface area contributed by atoms with Crippen molar-refractivity contribution in [3.63, 3.8) is 0 Å². The number of unbranched alkanes of at least 4 members (excludes halogenated alkanes) is 8. The summed E-state index contributed by atoms with van der Waals surface area (Å²) >= 11 is 0. The second-order valence-corrected chi connectivity index (χ2v) is 13.0. The van der Waals surface area contributed by atoms with Crippen LogP contribution in [-0.4, -0.2) is 65.7 Å². The number of rotatable bonds is 32. The third-order valence-electron chi connectivity index (χ3n) is 6.94. The summed E-state index contributed by atoms with van der Waals surface area (Å²) in [7, 11) is -4.62. The van der Waals surface area contributed by atoms with Crippen molar-refractivity contribution in [1.82, 2.24) is 0 Å². The monoisotopic (exact) mass is 698 g/mol. The minimum absolute atomic E-state index is 0.104. The van der Waals surface area contributed by atoms with Gasteiger partial charge >= 0.3 is 19.8 Å². The van der Waals surface area contributed by atoms with Gasteiger partial charge in [0.05, 0.1) is 19.8 Å². The summed E-state index contributed by atoms with van der Waals surface area (Å²) in [4.78, 5) is 34.6.